The normalized spacial score (nSPS) is 18.0. The number of carbonyl (C=O) groups excluding carboxylic acids is 3. The molecular weight excluding hydrogens is 488 g/mol. The summed E-state index contributed by atoms with van der Waals surface area (Å²) in [7, 11) is 0. The first kappa shape index (κ1) is 27.3. The molecule has 204 valence electrons. The lowest BCUT2D eigenvalue weighted by Gasteiger charge is -2.35. The maximum absolute atomic E-state index is 13.3. The fraction of sp³-hybridized carbons (Fsp3) is 0.481. The quantitative estimate of drug-likeness (QED) is 0.524. The molecule has 2 aliphatic rings. The number of morpholine rings is 1. The number of carbonyl (C=O) groups is 3. The number of nitrogens with one attached hydrogen (secondary N) is 2. The van der Waals surface area contributed by atoms with Crippen LogP contribution in [0.1, 0.15) is 54.3 Å². The van der Waals surface area contributed by atoms with Crippen molar-refractivity contribution >= 4 is 35.2 Å². The molecule has 1 aromatic heterocycles. The SMILES string of the molecule is CC(C)(C)OC(=O)N(c1ccc(C(N)=O)c(Nc2ccc(C(=O)N3CCOCC3)cc2)n1)[C@@H]1CCCNC1. The second-order valence-corrected chi connectivity index (χ2v) is 10.4. The summed E-state index contributed by atoms with van der Waals surface area (Å²) < 4.78 is 11.0. The second kappa shape index (κ2) is 11.8. The van der Waals surface area contributed by atoms with Gasteiger partial charge in [-0.2, -0.15) is 0 Å². The Morgan fingerprint density at radius 3 is 2.45 bits per heavy atom. The zero-order valence-electron chi connectivity index (χ0n) is 22.2. The summed E-state index contributed by atoms with van der Waals surface area (Å²) in [6, 6.07) is 9.91. The summed E-state index contributed by atoms with van der Waals surface area (Å²) in [4.78, 5) is 46.2. The van der Waals surface area contributed by atoms with Gasteiger partial charge < -0.3 is 30.7 Å². The van der Waals surface area contributed by atoms with E-state index in [4.69, 9.17) is 15.2 Å². The van der Waals surface area contributed by atoms with Crippen LogP contribution in [-0.4, -0.2) is 78.8 Å². The van der Waals surface area contributed by atoms with Gasteiger partial charge in [0.2, 0.25) is 0 Å². The lowest BCUT2D eigenvalue weighted by molar-refractivity contribution is 0.0303. The highest BCUT2D eigenvalue weighted by atomic mass is 16.6. The van der Waals surface area contributed by atoms with E-state index in [0.29, 0.717) is 49.9 Å². The Labute approximate surface area is 222 Å². The minimum absolute atomic E-state index is 0.0631. The zero-order valence-corrected chi connectivity index (χ0v) is 22.2. The van der Waals surface area contributed by atoms with Gasteiger partial charge in [-0.1, -0.05) is 0 Å². The van der Waals surface area contributed by atoms with Crippen molar-refractivity contribution < 1.29 is 23.9 Å². The van der Waals surface area contributed by atoms with Crippen LogP contribution in [0, 0.1) is 0 Å². The molecule has 11 heteroatoms. The molecule has 3 amide bonds. The molecule has 2 aliphatic heterocycles. The minimum atomic E-state index is -0.688. The molecule has 38 heavy (non-hydrogen) atoms. The standard InChI is InChI=1S/C27H36N6O5/c1-27(2,3)38-26(36)33(20-5-4-12-29-17-20)22-11-10-21(23(28)34)24(31-22)30-19-8-6-18(7-9-19)25(35)32-13-15-37-16-14-32/h6-11,20,29H,4-5,12-17H2,1-3H3,(H2,28,34)(H,30,31)/t20-/m1/s1. The topological polar surface area (TPSA) is 139 Å². The lowest BCUT2D eigenvalue weighted by atomic mass is 10.1. The summed E-state index contributed by atoms with van der Waals surface area (Å²) >= 11 is 0. The van der Waals surface area contributed by atoms with E-state index in [1.165, 1.54) is 4.90 Å². The Bertz CT molecular complexity index is 1150. The Kier molecular flexibility index (Phi) is 8.48. The maximum atomic E-state index is 13.3. The van der Waals surface area contributed by atoms with Gasteiger partial charge in [-0.05, 0) is 76.6 Å². The van der Waals surface area contributed by atoms with E-state index in [-0.39, 0.29) is 23.3 Å². The summed E-state index contributed by atoms with van der Waals surface area (Å²) in [6.07, 6.45) is 1.18. The summed E-state index contributed by atoms with van der Waals surface area (Å²) in [5, 5.41) is 6.45. The molecule has 0 saturated carbocycles. The highest BCUT2D eigenvalue weighted by molar-refractivity contribution is 5.99. The largest absolute Gasteiger partial charge is 0.443 e. The molecule has 0 spiro atoms. The van der Waals surface area contributed by atoms with Crippen molar-refractivity contribution in [2.75, 3.05) is 49.6 Å². The van der Waals surface area contributed by atoms with Crippen LogP contribution in [0.5, 0.6) is 0 Å². The number of hydrogen-bond donors (Lipinski definition) is 3. The smallest absolute Gasteiger partial charge is 0.416 e. The van der Waals surface area contributed by atoms with Crippen molar-refractivity contribution in [1.29, 1.82) is 0 Å². The number of pyridine rings is 1. The number of benzene rings is 1. The van der Waals surface area contributed by atoms with Gasteiger partial charge >= 0.3 is 6.09 Å². The van der Waals surface area contributed by atoms with Crippen LogP contribution < -0.4 is 21.3 Å². The zero-order chi connectivity index (χ0) is 27.3. The number of piperidine rings is 1. The predicted octanol–water partition coefficient (Wildman–Crippen LogP) is 2.89. The number of ether oxygens (including phenoxy) is 2. The van der Waals surface area contributed by atoms with Crippen LogP contribution in [0.3, 0.4) is 0 Å². The van der Waals surface area contributed by atoms with Gasteiger partial charge in [0.15, 0.2) is 0 Å². The van der Waals surface area contributed by atoms with Crippen molar-refractivity contribution in [3.05, 3.63) is 47.5 Å². The van der Waals surface area contributed by atoms with Gasteiger partial charge in [-0.3, -0.25) is 14.5 Å². The molecule has 3 heterocycles. The monoisotopic (exact) mass is 524 g/mol. The molecule has 0 unspecified atom stereocenters. The third-order valence-corrected chi connectivity index (χ3v) is 6.31. The molecule has 1 atom stereocenters. The lowest BCUT2D eigenvalue weighted by Crippen LogP contribution is -2.50. The molecule has 4 N–H and O–H groups in total. The Hall–Kier alpha value is -3.70. The van der Waals surface area contributed by atoms with E-state index in [1.807, 2.05) is 20.8 Å². The number of aromatic nitrogens is 1. The first-order valence-corrected chi connectivity index (χ1v) is 12.9. The number of nitrogens with zero attached hydrogens (tertiary/aromatic N) is 3. The Morgan fingerprint density at radius 2 is 1.84 bits per heavy atom. The van der Waals surface area contributed by atoms with Crippen molar-refractivity contribution in [3.8, 4) is 0 Å². The highest BCUT2D eigenvalue weighted by Gasteiger charge is 2.32. The summed E-state index contributed by atoms with van der Waals surface area (Å²) in [6.45, 7) is 9.08. The van der Waals surface area contributed by atoms with Gasteiger partial charge in [-0.25, -0.2) is 9.78 Å². The average Bonchev–Trinajstić information content (AvgIpc) is 2.89. The summed E-state index contributed by atoms with van der Waals surface area (Å²) in [5.41, 5.74) is 6.28. The first-order chi connectivity index (χ1) is 18.1. The second-order valence-electron chi connectivity index (χ2n) is 10.4. The number of hydrogen-bond acceptors (Lipinski definition) is 8. The van der Waals surface area contributed by atoms with Gasteiger partial charge in [0.1, 0.15) is 17.2 Å². The van der Waals surface area contributed by atoms with Crippen molar-refractivity contribution in [2.24, 2.45) is 5.73 Å². The van der Waals surface area contributed by atoms with Gasteiger partial charge in [0, 0.05) is 30.9 Å². The Morgan fingerprint density at radius 1 is 1.13 bits per heavy atom. The fourth-order valence-corrected chi connectivity index (χ4v) is 4.45. The predicted molar refractivity (Wildman–Crippen MR) is 144 cm³/mol. The molecule has 2 aromatic rings. The van der Waals surface area contributed by atoms with E-state index >= 15 is 0 Å². The first-order valence-electron chi connectivity index (χ1n) is 12.9. The Balaban J connectivity index is 1.60. The van der Waals surface area contributed by atoms with E-state index in [1.54, 1.807) is 41.3 Å². The summed E-state index contributed by atoms with van der Waals surface area (Å²) in [5.74, 6) is -0.167. The van der Waals surface area contributed by atoms with Crippen LogP contribution >= 0.6 is 0 Å². The van der Waals surface area contributed by atoms with E-state index in [2.05, 4.69) is 15.6 Å². The van der Waals surface area contributed by atoms with Crippen LogP contribution in [0.2, 0.25) is 0 Å². The van der Waals surface area contributed by atoms with Crippen molar-refractivity contribution in [1.82, 2.24) is 15.2 Å². The van der Waals surface area contributed by atoms with E-state index < -0.39 is 17.6 Å². The number of rotatable bonds is 6. The van der Waals surface area contributed by atoms with Crippen LogP contribution in [0.15, 0.2) is 36.4 Å². The molecule has 0 radical (unpaired) electrons. The molecular formula is C27H36N6O5. The molecule has 11 nitrogen and oxygen atoms in total. The van der Waals surface area contributed by atoms with Gasteiger partial charge in [-0.15, -0.1) is 0 Å². The van der Waals surface area contributed by atoms with Crippen LogP contribution in [-0.2, 0) is 9.47 Å². The van der Waals surface area contributed by atoms with Crippen molar-refractivity contribution in [2.45, 2.75) is 45.3 Å². The fourth-order valence-electron chi connectivity index (χ4n) is 4.45. The third kappa shape index (κ3) is 6.78. The van der Waals surface area contributed by atoms with E-state index in [0.717, 1.165) is 19.4 Å². The van der Waals surface area contributed by atoms with Crippen molar-refractivity contribution in [3.63, 3.8) is 0 Å². The molecule has 1 aromatic carbocycles. The molecule has 0 bridgehead atoms. The van der Waals surface area contributed by atoms with E-state index in [9.17, 15) is 14.4 Å². The van der Waals surface area contributed by atoms with Crippen LogP contribution in [0.4, 0.5) is 22.1 Å². The number of anilines is 3. The molecule has 0 aliphatic carbocycles. The number of primary amides is 1. The number of nitrogens with two attached hydrogens (primary N) is 1. The molecule has 4 rings (SSSR count). The van der Waals surface area contributed by atoms with Crippen LogP contribution in [0.25, 0.3) is 0 Å². The average molecular weight is 525 g/mol. The third-order valence-electron chi connectivity index (χ3n) is 6.31. The number of amides is 3. The van der Waals surface area contributed by atoms with Gasteiger partial charge in [0.25, 0.3) is 11.8 Å². The maximum Gasteiger partial charge on any atom is 0.416 e. The highest BCUT2D eigenvalue weighted by Crippen LogP contribution is 2.27. The molecule has 2 saturated heterocycles. The minimum Gasteiger partial charge on any atom is -0.443 e. The van der Waals surface area contributed by atoms with Gasteiger partial charge in [0.05, 0.1) is 24.8 Å². The molecule has 2 fully saturated rings.